The van der Waals surface area contributed by atoms with E-state index in [2.05, 4.69) is 91.0 Å². The average Bonchev–Trinajstić information content (AvgIpc) is 0.751. The third-order valence-electron chi connectivity index (χ3n) is 24.0. The molecule has 3 amide bonds. The molecule has 4 unspecified atom stereocenters. The van der Waals surface area contributed by atoms with E-state index in [0.29, 0.717) is 137 Å². The van der Waals surface area contributed by atoms with Crippen LogP contribution in [0.3, 0.4) is 0 Å². The highest BCUT2D eigenvalue weighted by Gasteiger charge is 2.39. The maximum Gasteiger partial charge on any atom is 0.355 e. The van der Waals surface area contributed by atoms with Gasteiger partial charge in [0.2, 0.25) is 17.7 Å². The van der Waals surface area contributed by atoms with Crippen molar-refractivity contribution in [3.63, 3.8) is 0 Å². The normalized spacial score (nSPS) is 17.5. The van der Waals surface area contributed by atoms with Gasteiger partial charge >= 0.3 is 17.1 Å². The van der Waals surface area contributed by atoms with Crippen LogP contribution >= 0.6 is 34.8 Å². The summed E-state index contributed by atoms with van der Waals surface area (Å²) >= 11 is 20.6. The average molecular weight is 1780 g/mol. The summed E-state index contributed by atoms with van der Waals surface area (Å²) in [6, 6.07) is 31.3. The van der Waals surface area contributed by atoms with Gasteiger partial charge in [0.1, 0.15) is 34.9 Å². The van der Waals surface area contributed by atoms with Crippen LogP contribution in [0.1, 0.15) is 147 Å². The molecule has 0 radical (unpaired) electrons. The van der Waals surface area contributed by atoms with E-state index in [1.54, 1.807) is 78.2 Å². The van der Waals surface area contributed by atoms with E-state index in [1.165, 1.54) is 36.8 Å². The number of para-hydroxylation sites is 2. The summed E-state index contributed by atoms with van der Waals surface area (Å²) in [6.45, 7) is 41.4. The number of nitrogens with zero attached hydrogens (tertiary/aromatic N) is 19. The van der Waals surface area contributed by atoms with E-state index in [1.807, 2.05) is 143 Å². The Morgan fingerprint density at radius 1 is 0.457 bits per heavy atom. The van der Waals surface area contributed by atoms with E-state index >= 15 is 8.78 Å². The molecule has 0 saturated carbocycles. The van der Waals surface area contributed by atoms with Gasteiger partial charge in [0.25, 0.3) is 0 Å². The number of rotatable bonds is 19. The Bertz CT molecular complexity index is 6270. The van der Waals surface area contributed by atoms with Crippen LogP contribution in [0.25, 0.3) is 72.7 Å². The van der Waals surface area contributed by atoms with Crippen LogP contribution < -0.4 is 36.7 Å². The summed E-state index contributed by atoms with van der Waals surface area (Å²) in [5.74, 6) is 1.03. The predicted octanol–water partition coefficient (Wildman–Crippen LogP) is 16.5. The number of hydrogen-bond acceptors (Lipinski definition) is 19. The Hall–Kier alpha value is -11.6. The monoisotopic (exact) mass is 1780 g/mol. The van der Waals surface area contributed by atoms with Crippen molar-refractivity contribution < 1.29 is 23.2 Å². The molecule has 666 valence electrons. The molecule has 4 saturated heterocycles. The zero-order valence-electron chi connectivity index (χ0n) is 75.2. The molecular formula is C97H112Cl3F2N19O6. The molecule has 30 heteroatoms. The molecule has 4 aliphatic heterocycles. The third-order valence-corrected chi connectivity index (χ3v) is 24.9. The lowest BCUT2D eigenvalue weighted by Gasteiger charge is -2.44. The van der Waals surface area contributed by atoms with Gasteiger partial charge in [0.15, 0.2) is 16.9 Å². The number of carbonyl (C=O) groups excluding carboxylic acids is 3. The van der Waals surface area contributed by atoms with E-state index in [4.69, 9.17) is 49.8 Å². The number of aromatic nitrogens is 10. The molecule has 127 heavy (non-hydrogen) atoms. The van der Waals surface area contributed by atoms with Gasteiger partial charge in [-0.1, -0.05) is 157 Å². The number of fused-ring (bicyclic) bond motifs is 3. The minimum Gasteiger partial charge on any atom is -0.355 e. The number of pyridine rings is 4. The van der Waals surface area contributed by atoms with Crippen molar-refractivity contribution in [1.29, 1.82) is 0 Å². The van der Waals surface area contributed by atoms with Crippen LogP contribution in [0.2, 0.25) is 15.1 Å². The first-order valence-electron chi connectivity index (χ1n) is 43.3. The lowest BCUT2D eigenvalue weighted by atomic mass is 9.97. The number of carbonyl (C=O) groups is 3. The number of anilines is 4. The van der Waals surface area contributed by atoms with E-state index in [0.717, 1.165) is 59.4 Å². The second-order valence-electron chi connectivity index (χ2n) is 34.8. The third kappa shape index (κ3) is 19.0. The van der Waals surface area contributed by atoms with Crippen LogP contribution in [0.4, 0.5) is 32.1 Å². The number of piperazine rings is 3. The molecule has 4 aromatic carbocycles. The fraction of sp³-hybridized carbons (Fsp3) is 0.392. The molecule has 11 heterocycles. The Morgan fingerprint density at radius 3 is 1.28 bits per heavy atom. The molecule has 15 rings (SSSR count). The number of hydrogen-bond donors (Lipinski definition) is 0. The van der Waals surface area contributed by atoms with Crippen molar-refractivity contribution in [2.45, 2.75) is 163 Å². The molecule has 5 atom stereocenters. The minimum atomic E-state index is -0.501. The Kier molecular flexibility index (Phi) is 28.8. The van der Waals surface area contributed by atoms with Gasteiger partial charge in [0.05, 0.1) is 65.4 Å². The first kappa shape index (κ1) is 93.0. The fourth-order valence-electron chi connectivity index (χ4n) is 17.8. The highest BCUT2D eigenvalue weighted by Crippen LogP contribution is 2.42. The summed E-state index contributed by atoms with van der Waals surface area (Å²) in [7, 11) is 7.89. The maximum atomic E-state index is 15.1. The van der Waals surface area contributed by atoms with Crippen LogP contribution in [-0.4, -0.2) is 208 Å². The van der Waals surface area contributed by atoms with Gasteiger partial charge in [-0.25, -0.2) is 51.8 Å². The van der Waals surface area contributed by atoms with Crippen molar-refractivity contribution in [1.82, 2.24) is 73.1 Å². The Morgan fingerprint density at radius 2 is 0.866 bits per heavy atom. The minimum absolute atomic E-state index is 0.0849. The smallest absolute Gasteiger partial charge is 0.355 e. The zero-order chi connectivity index (χ0) is 91.6. The van der Waals surface area contributed by atoms with Crippen LogP contribution in [0.5, 0.6) is 0 Å². The van der Waals surface area contributed by atoms with Crippen LogP contribution in [-0.2, 0) is 27.5 Å². The molecule has 0 spiro atoms. The molecule has 25 nitrogen and oxygen atoms in total. The van der Waals surface area contributed by atoms with Crippen molar-refractivity contribution in [2.75, 3.05) is 107 Å². The Labute approximate surface area is 755 Å². The van der Waals surface area contributed by atoms with E-state index in [9.17, 15) is 28.8 Å². The van der Waals surface area contributed by atoms with Crippen LogP contribution in [0, 0.1) is 18.6 Å². The molecule has 4 aliphatic rings. The highest BCUT2D eigenvalue weighted by molar-refractivity contribution is 6.35. The SMILES string of the molecule is C=CC(=O)N1CC(C)N(c2nc(=O)n(-c3c(C)ccnc3C(C)C)c3nc(N4CCCCC4)c(Cl)cc23)CC1C.C=CC(=O)N1CC(C)N(c2nc(=O)n(-c3c(CN(C)C)cccc3C(C)C)c3nc(-c4ccccc4F)c(Cl)cc23)CC1C.C=CC(=O)N1CCN(c2nc(=O)n(-c3c(CN(C)C)cccc3C(C)C)c3nc(-c4ccccc4F)c(Cl)cc23)[C@H](C)C1. The molecule has 7 aromatic heterocycles. The molecule has 0 aliphatic carbocycles. The van der Waals surface area contributed by atoms with Gasteiger partial charge in [-0.2, -0.15) is 15.0 Å². The first-order chi connectivity index (χ1) is 60.5. The number of piperidine rings is 1. The second-order valence-corrected chi connectivity index (χ2v) is 36.1. The number of halogens is 5. The largest absolute Gasteiger partial charge is 0.355 e. The fourth-order valence-corrected chi connectivity index (χ4v) is 18.6. The number of aryl methyl sites for hydroxylation is 1. The lowest BCUT2D eigenvalue weighted by molar-refractivity contribution is -0.129. The Balaban J connectivity index is 0.000000163. The summed E-state index contributed by atoms with van der Waals surface area (Å²) in [5, 5.41) is 2.84. The first-order valence-corrected chi connectivity index (χ1v) is 44.4. The molecule has 4 fully saturated rings. The van der Waals surface area contributed by atoms with Crippen LogP contribution in [0.15, 0.2) is 168 Å². The van der Waals surface area contributed by atoms with Gasteiger partial charge < -0.3 is 44.1 Å². The number of benzene rings is 4. The van der Waals surface area contributed by atoms with Crippen molar-refractivity contribution in [3.8, 4) is 39.6 Å². The molecule has 0 bridgehead atoms. The highest BCUT2D eigenvalue weighted by atomic mass is 35.5. The van der Waals surface area contributed by atoms with Crippen molar-refractivity contribution >= 4 is 109 Å². The van der Waals surface area contributed by atoms with Gasteiger partial charge in [-0.05, 0) is 201 Å². The molecular weight excluding hydrogens is 1670 g/mol. The molecule has 0 N–H and O–H groups in total. The quantitative estimate of drug-likeness (QED) is 0.0684. The lowest BCUT2D eigenvalue weighted by Crippen LogP contribution is -2.58. The van der Waals surface area contributed by atoms with Gasteiger partial charge in [0, 0.05) is 120 Å². The summed E-state index contributed by atoms with van der Waals surface area (Å²) in [4.78, 5) is 131. The summed E-state index contributed by atoms with van der Waals surface area (Å²) in [5.41, 5.74) is 8.39. The second kappa shape index (κ2) is 39.3. The maximum absolute atomic E-state index is 15.1. The van der Waals surface area contributed by atoms with Gasteiger partial charge in [-0.3, -0.25) is 19.4 Å². The van der Waals surface area contributed by atoms with E-state index in [-0.39, 0.29) is 98.2 Å². The zero-order valence-corrected chi connectivity index (χ0v) is 77.4. The predicted molar refractivity (Wildman–Crippen MR) is 507 cm³/mol. The van der Waals surface area contributed by atoms with Crippen molar-refractivity contribution in [2.24, 2.45) is 0 Å². The standard InChI is InChI=1S/C34H38ClFN6O2.C33H36ClFN6O2.C30H38ClN7O2/c1-8-29(43)40-17-22(5)41(18-21(40)4)32-26-16-27(35)30(25-13-9-10-15-28(25)36)37-33(26)42(34(44)38-32)31-23(19-39(6)7)12-11-14-24(31)20(2)3;1-7-28(42)39-15-16-40(21(4)18-39)31-25-17-26(34)29(24-12-8-9-14-27(24)35)36-32(25)41(33(43)37-31)30-22(19-38(5)6)11-10-13-23(30)20(2)3;1-7-24(39)36-16-21(6)37(17-20(36)5)27-22-15-23(31)29(35-13-9-8-10-14-35)33-28(22)38(30(40)34-27)26-19(4)11-12-32-25(26)18(2)3/h8-16,20-22H,1,17-19H2,2-7H3;7-14,17,20-21H,1,15-16,18-19H2,2-6H3;7,11-12,15,18,20-21H,1,8-10,13-14,16-17H2,2-6H3/t;21-;/m.1./s1. The summed E-state index contributed by atoms with van der Waals surface area (Å²) < 4.78 is 34.9. The molecule has 11 aromatic rings. The summed E-state index contributed by atoms with van der Waals surface area (Å²) in [6.07, 6.45) is 9.09. The van der Waals surface area contributed by atoms with Crippen molar-refractivity contribution in [3.05, 3.63) is 245 Å². The number of amides is 3. The topological polar surface area (TPSA) is 237 Å². The van der Waals surface area contributed by atoms with Gasteiger partial charge in [-0.15, -0.1) is 0 Å². The van der Waals surface area contributed by atoms with E-state index < -0.39 is 28.7 Å².